The lowest BCUT2D eigenvalue weighted by molar-refractivity contribution is 0.486. The molecule has 1 aromatic heterocycles. The molecule has 0 spiro atoms. The lowest BCUT2D eigenvalue weighted by atomic mass is 9.34. The minimum atomic E-state index is -0.00335. The van der Waals surface area contributed by atoms with E-state index in [-0.39, 0.29) is 12.1 Å². The van der Waals surface area contributed by atoms with Crippen molar-refractivity contribution in [2.75, 3.05) is 0 Å². The molecule has 9 aromatic rings. The van der Waals surface area contributed by atoms with Crippen LogP contribution in [0, 0.1) is 0 Å². The minimum Gasteiger partial charge on any atom is -0.458 e. The van der Waals surface area contributed by atoms with Gasteiger partial charge in [0.25, 0.3) is 6.71 Å². The Bertz CT molecular complexity index is 2990. The van der Waals surface area contributed by atoms with Gasteiger partial charge >= 0.3 is 0 Å². The molecule has 0 unspecified atom stereocenters. The highest BCUT2D eigenvalue weighted by molar-refractivity contribution is 6.99. The van der Waals surface area contributed by atoms with Crippen molar-refractivity contribution in [1.82, 2.24) is 4.57 Å². The van der Waals surface area contributed by atoms with Gasteiger partial charge in [-0.05, 0) is 108 Å². The van der Waals surface area contributed by atoms with Crippen molar-refractivity contribution in [3.05, 3.63) is 181 Å². The van der Waals surface area contributed by atoms with Gasteiger partial charge in [-0.1, -0.05) is 160 Å². The third kappa shape index (κ3) is 4.89. The highest BCUT2D eigenvalue weighted by Gasteiger charge is 2.41. The van der Waals surface area contributed by atoms with Gasteiger partial charge < -0.3 is 9.30 Å². The SMILES string of the molecule is CC(C)(C)c1ccc2c(c1)B1c3c(cccc3-n3c4ccc(-c5ccccc5-c5ccccc5)cc4c4cc(-c5ccccc5-c5ccccc5)cc1c43)O2. The van der Waals surface area contributed by atoms with Crippen LogP contribution in [0.25, 0.3) is 72.0 Å². The van der Waals surface area contributed by atoms with Crippen molar-refractivity contribution in [3.63, 3.8) is 0 Å². The molecule has 8 aromatic carbocycles. The van der Waals surface area contributed by atoms with Crippen LogP contribution in [-0.2, 0) is 5.41 Å². The normalized spacial score (nSPS) is 12.7. The summed E-state index contributed by atoms with van der Waals surface area (Å²) >= 11 is 0. The Balaban J connectivity index is 1.25. The summed E-state index contributed by atoms with van der Waals surface area (Å²) < 4.78 is 9.31. The monoisotopic (exact) mass is 703 g/mol. The molecule has 0 amide bonds. The molecule has 55 heavy (non-hydrogen) atoms. The van der Waals surface area contributed by atoms with Crippen molar-refractivity contribution in [1.29, 1.82) is 0 Å². The summed E-state index contributed by atoms with van der Waals surface area (Å²) in [6, 6.07) is 64.6. The first kappa shape index (κ1) is 31.9. The molecule has 11 rings (SSSR count). The third-order valence-electron chi connectivity index (χ3n) is 11.8. The van der Waals surface area contributed by atoms with E-state index in [4.69, 9.17) is 4.74 Å². The first-order valence-corrected chi connectivity index (χ1v) is 19.3. The van der Waals surface area contributed by atoms with E-state index < -0.39 is 0 Å². The summed E-state index contributed by atoms with van der Waals surface area (Å²) in [4.78, 5) is 0. The first-order valence-electron chi connectivity index (χ1n) is 19.3. The second kappa shape index (κ2) is 12.0. The largest absolute Gasteiger partial charge is 0.458 e. The van der Waals surface area contributed by atoms with E-state index in [2.05, 4.69) is 201 Å². The number of hydrogen-bond acceptors (Lipinski definition) is 1. The number of hydrogen-bond donors (Lipinski definition) is 0. The molecule has 0 aliphatic carbocycles. The van der Waals surface area contributed by atoms with Crippen molar-refractivity contribution in [2.45, 2.75) is 26.2 Å². The Morgan fingerprint density at radius 3 is 1.71 bits per heavy atom. The quantitative estimate of drug-likeness (QED) is 0.167. The molecule has 2 aliphatic heterocycles. The van der Waals surface area contributed by atoms with Crippen molar-refractivity contribution in [3.8, 4) is 61.7 Å². The van der Waals surface area contributed by atoms with Gasteiger partial charge in [0.1, 0.15) is 11.5 Å². The predicted octanol–water partition coefficient (Wildman–Crippen LogP) is 11.7. The van der Waals surface area contributed by atoms with Gasteiger partial charge in [0.2, 0.25) is 0 Å². The maximum atomic E-state index is 6.80. The molecule has 0 N–H and O–H groups in total. The van der Waals surface area contributed by atoms with Crippen LogP contribution in [0.2, 0.25) is 0 Å². The van der Waals surface area contributed by atoms with Gasteiger partial charge in [0.05, 0.1) is 5.52 Å². The third-order valence-corrected chi connectivity index (χ3v) is 11.8. The molecule has 3 heteroatoms. The Morgan fingerprint density at radius 1 is 0.455 bits per heavy atom. The van der Waals surface area contributed by atoms with Crippen LogP contribution in [-0.4, -0.2) is 11.3 Å². The molecule has 3 heterocycles. The zero-order valence-electron chi connectivity index (χ0n) is 31.2. The lowest BCUT2D eigenvalue weighted by Gasteiger charge is -2.34. The predicted molar refractivity (Wildman–Crippen MR) is 232 cm³/mol. The average molecular weight is 704 g/mol. The standard InChI is InChI=1S/C52H38BNO/c1-52(2,3)37-26-28-48-44(32-37)53-45-31-36(41-22-13-11-20-39(41)34-17-8-5-9-18-34)30-43-42-29-35(40-21-12-10-19-38(40)33-15-6-4-7-16-33)25-27-46(42)54(51(43)45)47-23-14-24-49(55-48)50(47)53/h4-32H,1-3H3. The van der Waals surface area contributed by atoms with E-state index in [1.807, 2.05) is 0 Å². The van der Waals surface area contributed by atoms with E-state index in [1.165, 1.54) is 94.0 Å². The number of benzene rings is 8. The van der Waals surface area contributed by atoms with E-state index in [0.717, 1.165) is 11.5 Å². The molecule has 2 nitrogen and oxygen atoms in total. The summed E-state index contributed by atoms with van der Waals surface area (Å²) in [5.41, 5.74) is 18.5. The molecule has 0 radical (unpaired) electrons. The fraction of sp³-hybridized carbons (Fsp3) is 0.0769. The summed E-state index contributed by atoms with van der Waals surface area (Å²) in [6.45, 7) is 6.90. The van der Waals surface area contributed by atoms with Crippen LogP contribution in [0.1, 0.15) is 26.3 Å². The molecule has 260 valence electrons. The topological polar surface area (TPSA) is 14.2 Å². The van der Waals surface area contributed by atoms with Gasteiger partial charge in [-0.25, -0.2) is 0 Å². The molecule has 0 fully saturated rings. The maximum Gasteiger partial charge on any atom is 0.256 e. The highest BCUT2D eigenvalue weighted by Crippen LogP contribution is 2.43. The number of aromatic nitrogens is 1. The van der Waals surface area contributed by atoms with Crippen molar-refractivity contribution < 1.29 is 4.74 Å². The molecule has 0 saturated carbocycles. The van der Waals surface area contributed by atoms with Gasteiger partial charge in [-0.15, -0.1) is 0 Å². The first-order chi connectivity index (χ1) is 26.9. The number of fused-ring (bicyclic) bond motifs is 7. The van der Waals surface area contributed by atoms with Crippen LogP contribution in [0.3, 0.4) is 0 Å². The van der Waals surface area contributed by atoms with Crippen molar-refractivity contribution in [2.24, 2.45) is 0 Å². The van der Waals surface area contributed by atoms with Crippen LogP contribution < -0.4 is 21.1 Å². The van der Waals surface area contributed by atoms with Crippen LogP contribution in [0.5, 0.6) is 11.5 Å². The Kier molecular flexibility index (Phi) is 6.94. The van der Waals surface area contributed by atoms with E-state index in [0.29, 0.717) is 0 Å². The molecule has 0 saturated heterocycles. The Hall–Kier alpha value is -6.58. The van der Waals surface area contributed by atoms with Gasteiger partial charge in [0, 0.05) is 22.0 Å². The summed E-state index contributed by atoms with van der Waals surface area (Å²) in [5, 5.41) is 2.51. The second-order valence-corrected chi connectivity index (χ2v) is 16.1. The second-order valence-electron chi connectivity index (χ2n) is 16.1. The lowest BCUT2D eigenvalue weighted by Crippen LogP contribution is -2.58. The van der Waals surface area contributed by atoms with E-state index in [9.17, 15) is 0 Å². The molecular formula is C52H38BNO. The smallest absolute Gasteiger partial charge is 0.256 e. The molecule has 2 aliphatic rings. The summed E-state index contributed by atoms with van der Waals surface area (Å²) in [7, 11) is 0. The summed E-state index contributed by atoms with van der Waals surface area (Å²) in [5.74, 6) is 1.87. The van der Waals surface area contributed by atoms with E-state index >= 15 is 0 Å². The molecule has 0 atom stereocenters. The molecular weight excluding hydrogens is 665 g/mol. The van der Waals surface area contributed by atoms with Crippen LogP contribution in [0.4, 0.5) is 0 Å². The zero-order valence-corrected chi connectivity index (χ0v) is 31.2. The highest BCUT2D eigenvalue weighted by atomic mass is 16.5. The van der Waals surface area contributed by atoms with Gasteiger partial charge in [-0.2, -0.15) is 0 Å². The van der Waals surface area contributed by atoms with Gasteiger partial charge in [0.15, 0.2) is 0 Å². The van der Waals surface area contributed by atoms with Crippen LogP contribution in [0.15, 0.2) is 176 Å². The van der Waals surface area contributed by atoms with E-state index in [1.54, 1.807) is 0 Å². The number of nitrogens with zero attached hydrogens (tertiary/aromatic N) is 1. The minimum absolute atomic E-state index is 0.00335. The zero-order chi connectivity index (χ0) is 36.8. The number of rotatable bonds is 4. The number of ether oxygens (including phenoxy) is 1. The Labute approximate surface area is 322 Å². The maximum absolute atomic E-state index is 6.80. The average Bonchev–Trinajstić information content (AvgIpc) is 3.56. The summed E-state index contributed by atoms with van der Waals surface area (Å²) in [6.07, 6.45) is 0. The van der Waals surface area contributed by atoms with Crippen LogP contribution >= 0.6 is 0 Å². The van der Waals surface area contributed by atoms with Gasteiger partial charge in [-0.3, -0.25) is 0 Å². The molecule has 0 bridgehead atoms. The fourth-order valence-electron chi connectivity index (χ4n) is 9.22. The van der Waals surface area contributed by atoms with Crippen molar-refractivity contribution >= 4 is 44.9 Å². The Morgan fingerprint density at radius 2 is 1.05 bits per heavy atom. The fourth-order valence-corrected chi connectivity index (χ4v) is 9.22.